The third-order valence-electron chi connectivity index (χ3n) is 2.74. The summed E-state index contributed by atoms with van der Waals surface area (Å²) in [5.41, 5.74) is 7.27. The Morgan fingerprint density at radius 1 is 1.33 bits per heavy atom. The number of imidazole rings is 1. The first-order chi connectivity index (χ1) is 7.33. The normalized spacial score (nSPS) is 25.1. The van der Waals surface area contributed by atoms with E-state index in [2.05, 4.69) is 25.3 Å². The minimum absolute atomic E-state index is 0.335. The minimum atomic E-state index is 0.335. The van der Waals surface area contributed by atoms with Crippen LogP contribution in [0.1, 0.15) is 12.8 Å². The fourth-order valence-corrected chi connectivity index (χ4v) is 1.85. The predicted molar refractivity (Wildman–Crippen MR) is 56.3 cm³/mol. The number of hydrogen-bond acceptors (Lipinski definition) is 5. The van der Waals surface area contributed by atoms with Gasteiger partial charge in [0.15, 0.2) is 11.5 Å². The Morgan fingerprint density at radius 2 is 2.20 bits per heavy atom. The Bertz CT molecular complexity index is 472. The molecule has 0 aromatic carbocycles. The maximum atomic E-state index is 5.72. The molecule has 2 heterocycles. The van der Waals surface area contributed by atoms with Gasteiger partial charge >= 0.3 is 0 Å². The zero-order chi connectivity index (χ0) is 10.3. The van der Waals surface area contributed by atoms with Gasteiger partial charge in [-0.2, -0.15) is 0 Å². The molecule has 2 aromatic rings. The van der Waals surface area contributed by atoms with E-state index in [1.165, 1.54) is 6.33 Å². The summed E-state index contributed by atoms with van der Waals surface area (Å²) in [6.45, 7) is 0. The lowest BCUT2D eigenvalue weighted by Gasteiger charge is -2.33. The Labute approximate surface area is 86.3 Å². The van der Waals surface area contributed by atoms with Crippen molar-refractivity contribution in [3.8, 4) is 0 Å². The van der Waals surface area contributed by atoms with E-state index in [0.717, 1.165) is 24.2 Å². The van der Waals surface area contributed by atoms with Crippen molar-refractivity contribution in [1.82, 2.24) is 19.9 Å². The third kappa shape index (κ3) is 1.42. The van der Waals surface area contributed by atoms with Gasteiger partial charge in [0.25, 0.3) is 0 Å². The van der Waals surface area contributed by atoms with Crippen LogP contribution in [-0.2, 0) is 0 Å². The summed E-state index contributed by atoms with van der Waals surface area (Å²) in [5.74, 6) is 0.814. The van der Waals surface area contributed by atoms with Gasteiger partial charge in [-0.15, -0.1) is 0 Å². The van der Waals surface area contributed by atoms with Crippen molar-refractivity contribution in [2.75, 3.05) is 5.32 Å². The van der Waals surface area contributed by atoms with Crippen molar-refractivity contribution in [2.24, 2.45) is 5.73 Å². The van der Waals surface area contributed by atoms with Crippen LogP contribution in [0.25, 0.3) is 11.2 Å². The van der Waals surface area contributed by atoms with Gasteiger partial charge < -0.3 is 16.0 Å². The second-order valence-corrected chi connectivity index (χ2v) is 3.90. The van der Waals surface area contributed by atoms with Crippen LogP contribution in [0.3, 0.4) is 0 Å². The van der Waals surface area contributed by atoms with Gasteiger partial charge in [0.2, 0.25) is 0 Å². The van der Waals surface area contributed by atoms with Gasteiger partial charge in [0.1, 0.15) is 11.8 Å². The Morgan fingerprint density at radius 3 is 3.00 bits per heavy atom. The number of aromatic nitrogens is 4. The number of rotatable bonds is 2. The summed E-state index contributed by atoms with van der Waals surface area (Å²) in [5, 5.41) is 3.34. The van der Waals surface area contributed by atoms with E-state index in [-0.39, 0.29) is 0 Å². The lowest BCUT2D eigenvalue weighted by atomic mass is 9.88. The molecule has 1 aliphatic carbocycles. The topological polar surface area (TPSA) is 92.5 Å². The van der Waals surface area contributed by atoms with Crippen molar-refractivity contribution < 1.29 is 0 Å². The molecule has 0 unspecified atom stereocenters. The molecule has 3 rings (SSSR count). The fraction of sp³-hybridized carbons (Fsp3) is 0.444. The largest absolute Gasteiger partial charge is 0.365 e. The molecule has 0 aliphatic heterocycles. The second kappa shape index (κ2) is 3.16. The van der Waals surface area contributed by atoms with Crippen molar-refractivity contribution in [3.05, 3.63) is 12.7 Å². The maximum Gasteiger partial charge on any atom is 0.182 e. The molecule has 6 heteroatoms. The Kier molecular flexibility index (Phi) is 1.81. The lowest BCUT2D eigenvalue weighted by Crippen LogP contribution is -2.44. The quantitative estimate of drug-likeness (QED) is 0.652. The highest BCUT2D eigenvalue weighted by atomic mass is 15.1. The molecule has 0 spiro atoms. The number of aromatic amines is 1. The highest BCUT2D eigenvalue weighted by Gasteiger charge is 2.26. The summed E-state index contributed by atoms with van der Waals surface area (Å²) >= 11 is 0. The summed E-state index contributed by atoms with van der Waals surface area (Å²) < 4.78 is 0. The molecule has 4 N–H and O–H groups in total. The van der Waals surface area contributed by atoms with Crippen molar-refractivity contribution in [3.63, 3.8) is 0 Å². The van der Waals surface area contributed by atoms with Crippen LogP contribution >= 0.6 is 0 Å². The highest BCUT2D eigenvalue weighted by molar-refractivity contribution is 5.82. The molecule has 0 atom stereocenters. The van der Waals surface area contributed by atoms with Crippen molar-refractivity contribution >= 4 is 17.0 Å². The average Bonchev–Trinajstić information content (AvgIpc) is 2.64. The number of H-pyrrole nitrogens is 1. The molecule has 1 saturated carbocycles. The van der Waals surface area contributed by atoms with Crippen LogP contribution in [0.5, 0.6) is 0 Å². The summed E-state index contributed by atoms with van der Waals surface area (Å²) in [6.07, 6.45) is 5.14. The van der Waals surface area contributed by atoms with E-state index >= 15 is 0 Å². The smallest absolute Gasteiger partial charge is 0.182 e. The zero-order valence-electron chi connectivity index (χ0n) is 8.14. The fourth-order valence-electron chi connectivity index (χ4n) is 1.85. The second-order valence-electron chi connectivity index (χ2n) is 3.90. The number of hydrogen-bond donors (Lipinski definition) is 3. The van der Waals surface area contributed by atoms with Crippen LogP contribution in [0.2, 0.25) is 0 Å². The molecule has 0 radical (unpaired) electrons. The monoisotopic (exact) mass is 204 g/mol. The van der Waals surface area contributed by atoms with Crippen LogP contribution in [0, 0.1) is 0 Å². The molecule has 1 fully saturated rings. The van der Waals surface area contributed by atoms with Gasteiger partial charge in [-0.3, -0.25) is 0 Å². The van der Waals surface area contributed by atoms with E-state index < -0.39 is 0 Å². The zero-order valence-corrected chi connectivity index (χ0v) is 8.14. The summed E-state index contributed by atoms with van der Waals surface area (Å²) in [4.78, 5) is 15.3. The molecule has 15 heavy (non-hydrogen) atoms. The van der Waals surface area contributed by atoms with Crippen LogP contribution in [0.4, 0.5) is 5.82 Å². The van der Waals surface area contributed by atoms with Crippen LogP contribution < -0.4 is 11.1 Å². The Balaban J connectivity index is 1.87. The van der Waals surface area contributed by atoms with E-state index in [4.69, 9.17) is 5.73 Å². The van der Waals surface area contributed by atoms with E-state index in [9.17, 15) is 0 Å². The molecular weight excluding hydrogens is 192 g/mol. The number of fused-ring (bicyclic) bond motifs is 1. The predicted octanol–water partition coefficient (Wildman–Crippen LogP) is 0.254. The van der Waals surface area contributed by atoms with Gasteiger partial charge in [0.05, 0.1) is 6.33 Å². The molecule has 78 valence electrons. The van der Waals surface area contributed by atoms with Crippen molar-refractivity contribution in [2.45, 2.75) is 24.9 Å². The molecule has 0 saturated heterocycles. The van der Waals surface area contributed by atoms with Gasteiger partial charge in [0, 0.05) is 12.1 Å². The van der Waals surface area contributed by atoms with Crippen LogP contribution in [-0.4, -0.2) is 32.0 Å². The van der Waals surface area contributed by atoms with E-state index in [1.807, 2.05) is 0 Å². The third-order valence-corrected chi connectivity index (χ3v) is 2.74. The number of nitrogens with zero attached hydrogens (tertiary/aromatic N) is 3. The van der Waals surface area contributed by atoms with Crippen LogP contribution in [0.15, 0.2) is 12.7 Å². The lowest BCUT2D eigenvalue weighted by molar-refractivity contribution is 0.373. The highest BCUT2D eigenvalue weighted by Crippen LogP contribution is 2.23. The first kappa shape index (κ1) is 8.60. The van der Waals surface area contributed by atoms with E-state index in [0.29, 0.717) is 17.7 Å². The van der Waals surface area contributed by atoms with E-state index in [1.54, 1.807) is 6.33 Å². The molecule has 2 aromatic heterocycles. The van der Waals surface area contributed by atoms with Crippen molar-refractivity contribution in [1.29, 1.82) is 0 Å². The standard InChI is InChI=1S/C9H12N6/c10-5-1-6(2-5)15-9-7-8(12-3-11-7)13-4-14-9/h3-6H,1-2,10H2,(H2,11,12,13,14,15). The first-order valence-corrected chi connectivity index (χ1v) is 4.99. The Hall–Kier alpha value is -1.69. The first-order valence-electron chi connectivity index (χ1n) is 4.99. The number of nitrogens with two attached hydrogens (primary N) is 1. The van der Waals surface area contributed by atoms with Gasteiger partial charge in [-0.25, -0.2) is 15.0 Å². The minimum Gasteiger partial charge on any atom is -0.365 e. The molecule has 6 nitrogen and oxygen atoms in total. The molecule has 0 bridgehead atoms. The number of nitrogens with one attached hydrogen (secondary N) is 2. The van der Waals surface area contributed by atoms with Gasteiger partial charge in [-0.1, -0.05) is 0 Å². The molecular formula is C9H12N6. The average molecular weight is 204 g/mol. The maximum absolute atomic E-state index is 5.72. The van der Waals surface area contributed by atoms with Gasteiger partial charge in [-0.05, 0) is 12.8 Å². The summed E-state index contributed by atoms with van der Waals surface area (Å²) in [7, 11) is 0. The molecule has 0 amide bonds. The molecule has 1 aliphatic rings. The SMILES string of the molecule is NC1CC(Nc2ncnc3nc[nH]c23)C1. The summed E-state index contributed by atoms with van der Waals surface area (Å²) in [6, 6.07) is 0.767. The number of anilines is 1.